The minimum Gasteiger partial charge on any atom is -0.462 e. The number of ether oxygens (including phenoxy) is 3. The summed E-state index contributed by atoms with van der Waals surface area (Å²) in [5.74, 6) is -0.866. The summed E-state index contributed by atoms with van der Waals surface area (Å²) in [5, 5.41) is 0. The first-order valence-corrected chi connectivity index (χ1v) is 27.8. The van der Waals surface area contributed by atoms with E-state index in [1.54, 1.807) is 0 Å². The molecule has 0 fully saturated rings. The monoisotopic (exact) mass is 887 g/mol. The summed E-state index contributed by atoms with van der Waals surface area (Å²) >= 11 is 0. The van der Waals surface area contributed by atoms with Crippen LogP contribution in [0.1, 0.15) is 303 Å². The number of carbonyl (C=O) groups is 3. The molecule has 0 spiro atoms. The van der Waals surface area contributed by atoms with E-state index >= 15 is 0 Å². The predicted octanol–water partition coefficient (Wildman–Crippen LogP) is 18.3. The number of carbonyl (C=O) groups excluding carboxylic acids is 3. The van der Waals surface area contributed by atoms with Crippen LogP contribution in [0.4, 0.5) is 0 Å². The Balaban J connectivity index is 4.31. The van der Waals surface area contributed by atoms with Gasteiger partial charge in [0.05, 0.1) is 0 Å². The Labute approximate surface area is 392 Å². The Morgan fingerprint density at radius 3 is 0.794 bits per heavy atom. The smallest absolute Gasteiger partial charge is 0.306 e. The quantitative estimate of drug-likeness (QED) is 0.0262. The maximum absolute atomic E-state index is 12.8. The van der Waals surface area contributed by atoms with Crippen molar-refractivity contribution < 1.29 is 28.6 Å². The van der Waals surface area contributed by atoms with Crippen molar-refractivity contribution in [2.24, 2.45) is 0 Å². The van der Waals surface area contributed by atoms with Crippen LogP contribution in [-0.4, -0.2) is 37.2 Å². The molecule has 0 heterocycles. The van der Waals surface area contributed by atoms with Crippen molar-refractivity contribution in [1.82, 2.24) is 0 Å². The molecule has 1 atom stereocenters. The van der Waals surface area contributed by atoms with E-state index in [-0.39, 0.29) is 31.1 Å². The molecule has 0 aliphatic carbocycles. The number of hydrogen-bond acceptors (Lipinski definition) is 6. The fourth-order valence-electron chi connectivity index (χ4n) is 8.20. The average Bonchev–Trinajstić information content (AvgIpc) is 3.28. The molecule has 0 aromatic carbocycles. The van der Waals surface area contributed by atoms with E-state index in [0.717, 1.165) is 64.2 Å². The molecule has 6 nitrogen and oxygen atoms in total. The van der Waals surface area contributed by atoms with Gasteiger partial charge < -0.3 is 14.2 Å². The summed E-state index contributed by atoms with van der Waals surface area (Å²) in [5.41, 5.74) is 0. The van der Waals surface area contributed by atoms with Gasteiger partial charge in [-0.3, -0.25) is 14.4 Å². The van der Waals surface area contributed by atoms with Crippen molar-refractivity contribution in [3.63, 3.8) is 0 Å². The van der Waals surface area contributed by atoms with Crippen LogP contribution in [0.25, 0.3) is 0 Å². The predicted molar refractivity (Wildman–Crippen MR) is 270 cm³/mol. The molecule has 0 aromatic rings. The minimum atomic E-state index is -0.771. The molecule has 0 aromatic heterocycles. The SMILES string of the molecule is CCCCCCC/C=C\CCCCCCCC(=O)OC(COC(=O)CCCCCCCCCCC/C=C\CCCCCCCC)COC(=O)CCCCCCCCCCCCCC. The number of unbranched alkanes of at least 4 members (excludes halogenated alkanes) is 36. The van der Waals surface area contributed by atoms with Crippen LogP contribution in [0, 0.1) is 0 Å². The minimum absolute atomic E-state index is 0.0711. The zero-order valence-corrected chi connectivity index (χ0v) is 42.4. The van der Waals surface area contributed by atoms with Gasteiger partial charge in [-0.05, 0) is 70.6 Å². The molecule has 1 unspecified atom stereocenters. The second-order valence-electron chi connectivity index (χ2n) is 18.8. The molecular weight excluding hydrogens is 781 g/mol. The van der Waals surface area contributed by atoms with Gasteiger partial charge in [-0.1, -0.05) is 238 Å². The van der Waals surface area contributed by atoms with Crippen molar-refractivity contribution in [3.05, 3.63) is 24.3 Å². The van der Waals surface area contributed by atoms with Gasteiger partial charge >= 0.3 is 17.9 Å². The van der Waals surface area contributed by atoms with Crippen molar-refractivity contribution >= 4 is 17.9 Å². The lowest BCUT2D eigenvalue weighted by molar-refractivity contribution is -0.167. The zero-order valence-electron chi connectivity index (χ0n) is 42.4. The lowest BCUT2D eigenvalue weighted by atomic mass is 10.0. The molecule has 0 amide bonds. The maximum atomic E-state index is 12.8. The van der Waals surface area contributed by atoms with E-state index in [9.17, 15) is 14.4 Å². The van der Waals surface area contributed by atoms with Crippen LogP contribution >= 0.6 is 0 Å². The van der Waals surface area contributed by atoms with Crippen LogP contribution in [0.15, 0.2) is 24.3 Å². The molecule has 370 valence electrons. The van der Waals surface area contributed by atoms with Gasteiger partial charge in [0.1, 0.15) is 13.2 Å². The van der Waals surface area contributed by atoms with Crippen LogP contribution < -0.4 is 0 Å². The largest absolute Gasteiger partial charge is 0.462 e. The van der Waals surface area contributed by atoms with Crippen molar-refractivity contribution in [2.45, 2.75) is 309 Å². The van der Waals surface area contributed by atoms with E-state index in [1.807, 2.05) is 0 Å². The Morgan fingerprint density at radius 2 is 0.524 bits per heavy atom. The first kappa shape index (κ1) is 60.9. The molecule has 0 saturated carbocycles. The van der Waals surface area contributed by atoms with E-state index in [2.05, 4.69) is 45.1 Å². The molecule has 0 aliphatic rings. The number of rotatable bonds is 51. The Kier molecular flexibility index (Phi) is 50.8. The molecule has 0 radical (unpaired) electrons. The molecule has 0 rings (SSSR count). The molecule has 63 heavy (non-hydrogen) atoms. The third kappa shape index (κ3) is 50.7. The molecule has 0 saturated heterocycles. The summed E-state index contributed by atoms with van der Waals surface area (Å²) in [6.45, 7) is 6.65. The van der Waals surface area contributed by atoms with Crippen molar-refractivity contribution in [1.29, 1.82) is 0 Å². The van der Waals surface area contributed by atoms with E-state index in [1.165, 1.54) is 199 Å². The fourth-order valence-corrected chi connectivity index (χ4v) is 8.20. The highest BCUT2D eigenvalue weighted by Crippen LogP contribution is 2.16. The first-order valence-electron chi connectivity index (χ1n) is 27.8. The molecular formula is C57H106O6. The highest BCUT2D eigenvalue weighted by molar-refractivity contribution is 5.71. The third-order valence-corrected chi connectivity index (χ3v) is 12.4. The molecule has 6 heteroatoms. The van der Waals surface area contributed by atoms with E-state index in [4.69, 9.17) is 14.2 Å². The molecule has 0 N–H and O–H groups in total. The number of hydrogen-bond donors (Lipinski definition) is 0. The first-order chi connectivity index (χ1) is 31.0. The Bertz CT molecular complexity index is 1020. The topological polar surface area (TPSA) is 78.9 Å². The van der Waals surface area contributed by atoms with Gasteiger partial charge in [0.15, 0.2) is 6.10 Å². The highest BCUT2D eigenvalue weighted by atomic mass is 16.6. The van der Waals surface area contributed by atoms with Gasteiger partial charge in [0.25, 0.3) is 0 Å². The normalized spacial score (nSPS) is 12.1. The Hall–Kier alpha value is -2.11. The van der Waals surface area contributed by atoms with Crippen molar-refractivity contribution in [3.8, 4) is 0 Å². The molecule has 0 aliphatic heterocycles. The second-order valence-corrected chi connectivity index (χ2v) is 18.8. The zero-order chi connectivity index (χ0) is 45.8. The van der Waals surface area contributed by atoms with Crippen LogP contribution in [0.5, 0.6) is 0 Å². The number of esters is 3. The van der Waals surface area contributed by atoms with Gasteiger partial charge in [0.2, 0.25) is 0 Å². The summed E-state index contributed by atoms with van der Waals surface area (Å²) in [6.07, 6.45) is 60.2. The summed E-state index contributed by atoms with van der Waals surface area (Å²) < 4.78 is 16.8. The van der Waals surface area contributed by atoms with Gasteiger partial charge in [0, 0.05) is 19.3 Å². The fraction of sp³-hybridized carbons (Fsp3) is 0.877. The van der Waals surface area contributed by atoms with E-state index < -0.39 is 6.10 Å². The summed E-state index contributed by atoms with van der Waals surface area (Å²) in [7, 11) is 0. The van der Waals surface area contributed by atoms with Crippen molar-refractivity contribution in [2.75, 3.05) is 13.2 Å². The van der Waals surface area contributed by atoms with Crippen LogP contribution in [0.3, 0.4) is 0 Å². The van der Waals surface area contributed by atoms with Gasteiger partial charge in [-0.15, -0.1) is 0 Å². The lowest BCUT2D eigenvalue weighted by Gasteiger charge is -2.18. The van der Waals surface area contributed by atoms with Crippen LogP contribution in [-0.2, 0) is 28.6 Å². The average molecular weight is 887 g/mol. The van der Waals surface area contributed by atoms with E-state index in [0.29, 0.717) is 19.3 Å². The highest BCUT2D eigenvalue weighted by Gasteiger charge is 2.19. The lowest BCUT2D eigenvalue weighted by Crippen LogP contribution is -2.30. The Morgan fingerprint density at radius 1 is 0.302 bits per heavy atom. The second kappa shape index (κ2) is 52.5. The van der Waals surface area contributed by atoms with Crippen LogP contribution in [0.2, 0.25) is 0 Å². The third-order valence-electron chi connectivity index (χ3n) is 12.4. The number of allylic oxidation sites excluding steroid dienone is 4. The maximum Gasteiger partial charge on any atom is 0.306 e. The summed E-state index contributed by atoms with van der Waals surface area (Å²) in [4.78, 5) is 38.0. The van der Waals surface area contributed by atoms with Gasteiger partial charge in [-0.2, -0.15) is 0 Å². The standard InChI is InChI=1S/C57H106O6/c1-4-7-10-13-16-19-22-25-27-28-29-30-31-33-35-38-41-44-47-50-56(59)62-53-54(52-61-55(58)49-46-43-40-37-34-24-21-18-15-12-9-6-3)63-57(60)51-48-45-42-39-36-32-26-23-20-17-14-11-8-5-2/h23,25-27,54H,4-22,24,28-53H2,1-3H3/b26-23-,27-25-. The molecule has 0 bridgehead atoms. The summed E-state index contributed by atoms with van der Waals surface area (Å²) in [6, 6.07) is 0. The van der Waals surface area contributed by atoms with Gasteiger partial charge in [-0.25, -0.2) is 0 Å².